The van der Waals surface area contributed by atoms with Crippen LogP contribution in [0.3, 0.4) is 0 Å². The smallest absolute Gasteiger partial charge is 0.407 e. The van der Waals surface area contributed by atoms with E-state index in [9.17, 15) is 14.4 Å². The fourth-order valence-electron chi connectivity index (χ4n) is 6.89. The zero-order valence-electron chi connectivity index (χ0n) is 30.3. The number of amides is 3. The van der Waals surface area contributed by atoms with Crippen molar-refractivity contribution in [2.75, 3.05) is 13.2 Å². The number of hydrogen-bond acceptors (Lipinski definition) is 6. The number of benzene rings is 5. The highest BCUT2D eigenvalue weighted by Gasteiger charge is 2.31. The SMILES string of the molecule is O=C(N[C@H](Cc1cnc[nH]1)C(=O)N[C@@H](Cc1ccc(OCc2ccccc2)cc1)C(=O)NCCc1ccccc1)OCC1c2ccccc2-c2ccccc21. The molecule has 10 heteroatoms. The minimum absolute atomic E-state index is 0.0930. The van der Waals surface area contributed by atoms with Crippen molar-refractivity contribution < 1.29 is 23.9 Å². The van der Waals surface area contributed by atoms with E-state index in [0.717, 1.165) is 38.9 Å². The van der Waals surface area contributed by atoms with Crippen LogP contribution in [-0.4, -0.2) is 53.1 Å². The van der Waals surface area contributed by atoms with Crippen LogP contribution in [0, 0.1) is 0 Å². The van der Waals surface area contributed by atoms with Crippen molar-refractivity contribution in [1.29, 1.82) is 0 Å². The van der Waals surface area contributed by atoms with Crippen LogP contribution in [-0.2, 0) is 40.2 Å². The van der Waals surface area contributed by atoms with Gasteiger partial charge in [-0.3, -0.25) is 9.59 Å². The van der Waals surface area contributed by atoms with Crippen molar-refractivity contribution in [3.63, 3.8) is 0 Å². The lowest BCUT2D eigenvalue weighted by Gasteiger charge is -2.23. The Kier molecular flexibility index (Phi) is 11.9. The first kappa shape index (κ1) is 36.7. The normalized spacial score (nSPS) is 12.8. The molecule has 1 aromatic heterocycles. The van der Waals surface area contributed by atoms with Crippen LogP contribution in [0.2, 0.25) is 0 Å². The third kappa shape index (κ3) is 9.66. The second kappa shape index (κ2) is 17.9. The first-order chi connectivity index (χ1) is 27.0. The molecule has 4 N–H and O–H groups in total. The van der Waals surface area contributed by atoms with Gasteiger partial charge in [0.25, 0.3) is 0 Å². The molecule has 0 radical (unpaired) electrons. The summed E-state index contributed by atoms with van der Waals surface area (Å²) in [4.78, 5) is 48.3. The van der Waals surface area contributed by atoms with Crippen LogP contribution >= 0.6 is 0 Å². The van der Waals surface area contributed by atoms with E-state index in [2.05, 4.69) is 38.1 Å². The molecular weight excluding hydrogens is 691 g/mol. The van der Waals surface area contributed by atoms with Crippen LogP contribution in [0.15, 0.2) is 146 Å². The van der Waals surface area contributed by atoms with Crippen LogP contribution in [0.4, 0.5) is 4.79 Å². The molecule has 0 unspecified atom stereocenters. The molecule has 7 rings (SSSR count). The maximum absolute atomic E-state index is 14.1. The fourth-order valence-corrected chi connectivity index (χ4v) is 6.89. The molecule has 10 nitrogen and oxygen atoms in total. The van der Waals surface area contributed by atoms with Crippen molar-refractivity contribution in [2.45, 2.75) is 43.9 Å². The van der Waals surface area contributed by atoms with Gasteiger partial charge >= 0.3 is 6.09 Å². The number of aromatic nitrogens is 2. The van der Waals surface area contributed by atoms with E-state index in [1.165, 1.54) is 6.33 Å². The molecule has 3 amide bonds. The molecule has 0 spiro atoms. The Labute approximate surface area is 320 Å². The maximum Gasteiger partial charge on any atom is 0.407 e. The number of rotatable bonds is 16. The highest BCUT2D eigenvalue weighted by Crippen LogP contribution is 2.44. The standard InChI is InChI=1S/C45H43N5O5/c51-43(47-24-23-31-11-3-1-4-12-31)41(25-32-19-21-35(22-20-32)54-28-33-13-5-2-6-14-33)49-44(52)42(26-34-27-46-30-48-34)50-45(53)55-29-40-38-17-9-7-15-36(38)37-16-8-10-18-39(37)40/h1-22,27,30,40-42H,23-26,28-29H2,(H,46,48)(H,47,51)(H,49,52)(H,50,53)/t41-,42+/m0/s1. The van der Waals surface area contributed by atoms with Gasteiger partial charge in [0, 0.05) is 37.2 Å². The molecule has 55 heavy (non-hydrogen) atoms. The fraction of sp³-hybridized carbons (Fsp3) is 0.200. The highest BCUT2D eigenvalue weighted by atomic mass is 16.5. The van der Waals surface area contributed by atoms with E-state index in [-0.39, 0.29) is 31.3 Å². The molecule has 0 aliphatic heterocycles. The number of H-pyrrole nitrogens is 1. The lowest BCUT2D eigenvalue weighted by Crippen LogP contribution is -2.55. The Bertz CT molecular complexity index is 2130. The zero-order valence-corrected chi connectivity index (χ0v) is 30.3. The Balaban J connectivity index is 1.03. The number of nitrogens with zero attached hydrogens (tertiary/aromatic N) is 1. The molecule has 0 saturated carbocycles. The summed E-state index contributed by atoms with van der Waals surface area (Å²) in [5.74, 6) is -0.325. The lowest BCUT2D eigenvalue weighted by molar-refractivity contribution is -0.130. The highest BCUT2D eigenvalue weighted by molar-refractivity contribution is 5.91. The molecule has 278 valence electrons. The summed E-state index contributed by atoms with van der Waals surface area (Å²) in [6, 6.07) is 41.4. The van der Waals surface area contributed by atoms with Gasteiger partial charge in [-0.15, -0.1) is 0 Å². The van der Waals surface area contributed by atoms with Gasteiger partial charge in [-0.25, -0.2) is 9.78 Å². The average Bonchev–Trinajstić information content (AvgIpc) is 3.86. The average molecular weight is 734 g/mol. The van der Waals surface area contributed by atoms with E-state index < -0.39 is 24.1 Å². The number of imidazole rings is 1. The van der Waals surface area contributed by atoms with Gasteiger partial charge in [0.15, 0.2) is 0 Å². The van der Waals surface area contributed by atoms with Gasteiger partial charge in [-0.2, -0.15) is 0 Å². The number of nitrogens with one attached hydrogen (secondary N) is 4. The van der Waals surface area contributed by atoms with Crippen molar-refractivity contribution in [3.8, 4) is 16.9 Å². The number of alkyl carbamates (subject to hydrolysis) is 1. The van der Waals surface area contributed by atoms with E-state index >= 15 is 0 Å². The minimum Gasteiger partial charge on any atom is -0.489 e. The van der Waals surface area contributed by atoms with Gasteiger partial charge in [0.05, 0.1) is 6.33 Å². The maximum atomic E-state index is 14.1. The molecular formula is C45H43N5O5. The van der Waals surface area contributed by atoms with Crippen molar-refractivity contribution in [3.05, 3.63) is 179 Å². The summed E-state index contributed by atoms with van der Waals surface area (Å²) in [5.41, 5.74) is 8.00. The molecule has 0 bridgehead atoms. The van der Waals surface area contributed by atoms with E-state index in [1.807, 2.05) is 121 Å². The van der Waals surface area contributed by atoms with Gasteiger partial charge in [0.2, 0.25) is 11.8 Å². The predicted molar refractivity (Wildman–Crippen MR) is 210 cm³/mol. The van der Waals surface area contributed by atoms with Gasteiger partial charge in [-0.1, -0.05) is 121 Å². The number of ether oxygens (including phenoxy) is 2. The summed E-state index contributed by atoms with van der Waals surface area (Å²) in [7, 11) is 0. The molecule has 6 aromatic rings. The summed E-state index contributed by atoms with van der Waals surface area (Å²) < 4.78 is 11.8. The first-order valence-corrected chi connectivity index (χ1v) is 18.5. The van der Waals surface area contributed by atoms with Crippen LogP contribution in [0.5, 0.6) is 5.75 Å². The minimum atomic E-state index is -1.07. The molecule has 5 aromatic carbocycles. The summed E-state index contributed by atoms with van der Waals surface area (Å²) in [6.07, 6.45) is 3.31. The quantitative estimate of drug-likeness (QED) is 0.0895. The van der Waals surface area contributed by atoms with Gasteiger partial charge in [0.1, 0.15) is 31.0 Å². The van der Waals surface area contributed by atoms with Crippen molar-refractivity contribution in [1.82, 2.24) is 25.9 Å². The Hall–Kier alpha value is -6.68. The number of fused-ring (bicyclic) bond motifs is 3. The number of aromatic amines is 1. The molecule has 1 aliphatic rings. The van der Waals surface area contributed by atoms with Crippen LogP contribution in [0.25, 0.3) is 11.1 Å². The molecule has 0 fully saturated rings. The number of hydrogen-bond donors (Lipinski definition) is 4. The Morgan fingerprint density at radius 1 is 0.655 bits per heavy atom. The van der Waals surface area contributed by atoms with Crippen molar-refractivity contribution in [2.24, 2.45) is 0 Å². The van der Waals surface area contributed by atoms with E-state index in [0.29, 0.717) is 31.0 Å². The third-order valence-corrected chi connectivity index (χ3v) is 9.73. The monoisotopic (exact) mass is 733 g/mol. The number of carbonyl (C=O) groups is 3. The molecule has 1 heterocycles. The third-order valence-electron chi connectivity index (χ3n) is 9.73. The lowest BCUT2D eigenvalue weighted by atomic mass is 9.98. The van der Waals surface area contributed by atoms with Gasteiger partial charge in [-0.05, 0) is 57.5 Å². The summed E-state index contributed by atoms with van der Waals surface area (Å²) in [6.45, 7) is 0.907. The largest absolute Gasteiger partial charge is 0.489 e. The van der Waals surface area contributed by atoms with Crippen LogP contribution < -0.4 is 20.7 Å². The summed E-state index contributed by atoms with van der Waals surface area (Å²) in [5, 5.41) is 8.69. The molecule has 2 atom stereocenters. The summed E-state index contributed by atoms with van der Waals surface area (Å²) >= 11 is 0. The molecule has 1 aliphatic carbocycles. The Morgan fingerprint density at radius 2 is 1.27 bits per heavy atom. The first-order valence-electron chi connectivity index (χ1n) is 18.5. The van der Waals surface area contributed by atoms with Gasteiger partial charge < -0.3 is 30.4 Å². The van der Waals surface area contributed by atoms with Crippen LogP contribution in [0.1, 0.15) is 39.4 Å². The second-order valence-electron chi connectivity index (χ2n) is 13.5. The molecule has 0 saturated heterocycles. The van der Waals surface area contributed by atoms with Crippen molar-refractivity contribution >= 4 is 17.9 Å². The zero-order chi connectivity index (χ0) is 37.8. The predicted octanol–water partition coefficient (Wildman–Crippen LogP) is 6.52. The second-order valence-corrected chi connectivity index (χ2v) is 13.5. The van der Waals surface area contributed by atoms with E-state index in [4.69, 9.17) is 9.47 Å². The number of carbonyl (C=O) groups excluding carboxylic acids is 3. The topological polar surface area (TPSA) is 134 Å². The Morgan fingerprint density at radius 3 is 1.93 bits per heavy atom. The van der Waals surface area contributed by atoms with E-state index in [1.54, 1.807) is 6.20 Å².